The molecular weight excluding hydrogens is 451 g/mol. The maximum absolute atomic E-state index is 10.6. The van der Waals surface area contributed by atoms with Gasteiger partial charge < -0.3 is 0 Å². The molecule has 1 heterocycles. The van der Waals surface area contributed by atoms with Gasteiger partial charge in [0.25, 0.3) is 0 Å². The monoisotopic (exact) mass is 480 g/mol. The van der Waals surface area contributed by atoms with E-state index < -0.39 is 18.2 Å². The van der Waals surface area contributed by atoms with Gasteiger partial charge in [0.15, 0.2) is 0 Å². The Hall–Kier alpha value is -1.02. The quantitative estimate of drug-likeness (QED) is 0.241. The number of aliphatic hydroxyl groups is 2. The fraction of sp³-hybridized carbons (Fsp3) is 0.545. The number of allylic oxidation sites excluding steroid dienone is 3. The molecule has 0 spiro atoms. The normalized spacial score (nSPS) is 25.7. The number of carboxylic acids is 1. The van der Waals surface area contributed by atoms with E-state index in [4.69, 9.17) is 5.11 Å². The van der Waals surface area contributed by atoms with Crippen LogP contribution in [0.25, 0.3) is 0 Å². The molecule has 5 atom stereocenters. The molecule has 2 rings (SSSR count). The average molecular weight is 481 g/mol. The second-order valence-electron chi connectivity index (χ2n) is 7.66. The van der Waals surface area contributed by atoms with Crippen molar-refractivity contribution in [2.45, 2.75) is 57.2 Å². The first-order valence-corrected chi connectivity index (χ1v) is 11.8. The van der Waals surface area contributed by atoms with Crippen molar-refractivity contribution in [2.75, 3.05) is 0 Å². The Bertz CT molecular complexity index is 717. The van der Waals surface area contributed by atoms with E-state index in [1.807, 2.05) is 29.6 Å². The molecule has 0 aromatic carbocycles. The summed E-state index contributed by atoms with van der Waals surface area (Å²) < 4.78 is 1.08. The van der Waals surface area contributed by atoms with E-state index in [0.29, 0.717) is 19.3 Å². The summed E-state index contributed by atoms with van der Waals surface area (Å²) in [5.74, 6) is 1.58. The molecule has 3 N–H and O–H groups in total. The van der Waals surface area contributed by atoms with Gasteiger partial charge in [-0.1, -0.05) is 0 Å². The molecule has 29 heavy (non-hydrogen) atoms. The molecule has 158 valence electrons. The van der Waals surface area contributed by atoms with Gasteiger partial charge in [-0.25, -0.2) is 0 Å². The number of aliphatic carboxylic acids is 1. The number of carboxylic acid groups (broad SMARTS) is 1. The van der Waals surface area contributed by atoms with Gasteiger partial charge in [0.1, 0.15) is 0 Å². The van der Waals surface area contributed by atoms with Gasteiger partial charge in [-0.05, 0) is 0 Å². The Kier molecular flexibility index (Phi) is 10.6. The molecule has 0 amide bonds. The third kappa shape index (κ3) is 8.32. The summed E-state index contributed by atoms with van der Waals surface area (Å²) in [6.07, 6.45) is 11.6. The summed E-state index contributed by atoms with van der Waals surface area (Å²) in [5.41, 5.74) is 0. The van der Waals surface area contributed by atoms with Crippen LogP contribution in [0.15, 0.2) is 40.2 Å². The summed E-state index contributed by atoms with van der Waals surface area (Å²) in [5, 5.41) is 31.6. The van der Waals surface area contributed by atoms with Crippen molar-refractivity contribution in [1.29, 1.82) is 0 Å². The van der Waals surface area contributed by atoms with Crippen molar-refractivity contribution < 1.29 is 20.1 Å². The zero-order valence-corrected chi connectivity index (χ0v) is 19.0. The van der Waals surface area contributed by atoms with Crippen LogP contribution in [0.3, 0.4) is 0 Å². The van der Waals surface area contributed by atoms with Crippen molar-refractivity contribution in [3.63, 3.8) is 0 Å². The molecular formula is C22H30BBrO4S. The average Bonchev–Trinajstić information content (AvgIpc) is 3.23. The minimum atomic E-state index is -0.770. The SMILES string of the molecule is B=C[C@@H]1CC(O)[C@H](C/C=C\CCCC(=O)O)[C@H]1/C=C/[C@@H](O)CCc1cc(Br)cs1. The number of rotatable bonds is 12. The van der Waals surface area contributed by atoms with Gasteiger partial charge in [0.05, 0.1) is 0 Å². The van der Waals surface area contributed by atoms with Crippen LogP contribution in [0.1, 0.15) is 43.4 Å². The first-order chi connectivity index (χ1) is 13.9. The molecule has 0 bridgehead atoms. The van der Waals surface area contributed by atoms with Crippen LogP contribution in [0.5, 0.6) is 0 Å². The number of carbonyl (C=O) groups is 1. The molecule has 1 fully saturated rings. The number of hydrogen-bond acceptors (Lipinski definition) is 4. The number of aryl methyl sites for hydroxylation is 1. The van der Waals surface area contributed by atoms with Crippen LogP contribution in [-0.4, -0.2) is 47.0 Å². The molecule has 0 aliphatic heterocycles. The third-order valence-corrected chi connectivity index (χ3v) is 7.26. The summed E-state index contributed by atoms with van der Waals surface area (Å²) in [6.45, 7) is 0. The number of unbranched alkanes of at least 4 members (excludes halogenated alkanes) is 1. The van der Waals surface area contributed by atoms with E-state index in [0.717, 1.165) is 23.7 Å². The molecule has 4 nitrogen and oxygen atoms in total. The fourth-order valence-corrected chi connectivity index (χ4v) is 5.38. The topological polar surface area (TPSA) is 77.8 Å². The van der Waals surface area contributed by atoms with Crippen molar-refractivity contribution >= 4 is 46.7 Å². The van der Waals surface area contributed by atoms with Crippen LogP contribution in [0.2, 0.25) is 0 Å². The molecule has 7 heteroatoms. The van der Waals surface area contributed by atoms with Crippen molar-refractivity contribution in [1.82, 2.24) is 0 Å². The first-order valence-electron chi connectivity index (χ1n) is 10.2. The molecule has 0 saturated heterocycles. The van der Waals surface area contributed by atoms with E-state index >= 15 is 0 Å². The van der Waals surface area contributed by atoms with Crippen LogP contribution < -0.4 is 0 Å². The Morgan fingerprint density at radius 2 is 2.21 bits per heavy atom. The number of hydrogen-bond donors (Lipinski definition) is 3. The van der Waals surface area contributed by atoms with Crippen LogP contribution in [0, 0.1) is 17.8 Å². The maximum atomic E-state index is 10.6. The van der Waals surface area contributed by atoms with Gasteiger partial charge in [-0.15, -0.1) is 0 Å². The molecule has 1 saturated carbocycles. The molecule has 0 radical (unpaired) electrons. The van der Waals surface area contributed by atoms with E-state index in [9.17, 15) is 15.0 Å². The van der Waals surface area contributed by atoms with Gasteiger partial charge in [0, 0.05) is 0 Å². The van der Waals surface area contributed by atoms with Crippen molar-refractivity contribution in [3.8, 4) is 0 Å². The van der Waals surface area contributed by atoms with Gasteiger partial charge in [0.2, 0.25) is 0 Å². The Balaban J connectivity index is 1.87. The van der Waals surface area contributed by atoms with E-state index in [1.165, 1.54) is 4.88 Å². The molecule has 1 aliphatic carbocycles. The van der Waals surface area contributed by atoms with Gasteiger partial charge in [-0.3, -0.25) is 0 Å². The minimum absolute atomic E-state index is 0.0884. The van der Waals surface area contributed by atoms with Crippen molar-refractivity contribution in [2.24, 2.45) is 17.8 Å². The van der Waals surface area contributed by atoms with E-state index in [2.05, 4.69) is 35.6 Å². The zero-order valence-electron chi connectivity index (χ0n) is 16.6. The summed E-state index contributed by atoms with van der Waals surface area (Å²) in [7, 11) is 3.92. The number of thiophene rings is 1. The Labute approximate surface area is 186 Å². The molecule has 1 aromatic rings. The fourth-order valence-electron chi connectivity index (χ4n) is 3.91. The van der Waals surface area contributed by atoms with Gasteiger partial charge >= 0.3 is 187 Å². The second-order valence-corrected chi connectivity index (χ2v) is 9.57. The standard InChI is InChI=1S/C22H30BBrO4S/c23-13-15-11-21(26)20(5-3-1-2-4-6-22(27)28)19(15)10-8-17(25)7-9-18-12-16(24)14-29-18/h1,3,8,10,12-15,17,19-21,23,25-26H,2,4-7,9,11H2,(H,27,28)/b3-1-,10-8+/t15-,17-,19-,20+,21?/m0/s1. The van der Waals surface area contributed by atoms with Gasteiger partial charge in [-0.2, -0.15) is 0 Å². The Morgan fingerprint density at radius 1 is 1.41 bits per heavy atom. The summed E-state index contributed by atoms with van der Waals surface area (Å²) in [4.78, 5) is 11.8. The van der Waals surface area contributed by atoms with Crippen LogP contribution >= 0.6 is 27.3 Å². The second kappa shape index (κ2) is 12.6. The molecule has 1 unspecified atom stereocenters. The summed E-state index contributed by atoms with van der Waals surface area (Å²) >= 11 is 5.14. The Morgan fingerprint density at radius 3 is 2.86 bits per heavy atom. The number of aliphatic hydroxyl groups excluding tert-OH is 2. The van der Waals surface area contributed by atoms with E-state index in [-0.39, 0.29) is 24.2 Å². The zero-order chi connectivity index (χ0) is 21.2. The first kappa shape index (κ1) is 24.3. The molecule has 1 aliphatic rings. The van der Waals surface area contributed by atoms with Crippen LogP contribution in [0.4, 0.5) is 0 Å². The molecule has 1 aromatic heterocycles. The summed E-state index contributed by atoms with van der Waals surface area (Å²) in [6, 6.07) is 2.08. The predicted molar refractivity (Wildman–Crippen MR) is 125 cm³/mol. The van der Waals surface area contributed by atoms with Crippen molar-refractivity contribution in [3.05, 3.63) is 45.1 Å². The predicted octanol–water partition coefficient (Wildman–Crippen LogP) is 3.88. The number of halogens is 1. The van der Waals surface area contributed by atoms with Crippen LogP contribution in [-0.2, 0) is 11.2 Å². The third-order valence-electron chi connectivity index (χ3n) is 5.50. The van der Waals surface area contributed by atoms with E-state index in [1.54, 1.807) is 11.3 Å².